The van der Waals surface area contributed by atoms with Crippen molar-refractivity contribution in [3.05, 3.63) is 60.4 Å². The summed E-state index contributed by atoms with van der Waals surface area (Å²) in [6, 6.07) is 12.8. The fourth-order valence-corrected chi connectivity index (χ4v) is 3.60. The van der Waals surface area contributed by atoms with Crippen LogP contribution in [0.15, 0.2) is 59.8 Å². The molecule has 0 saturated heterocycles. The van der Waals surface area contributed by atoms with Gasteiger partial charge in [0.1, 0.15) is 4.90 Å². The van der Waals surface area contributed by atoms with Crippen LogP contribution in [0.1, 0.15) is 11.6 Å². The van der Waals surface area contributed by atoms with E-state index >= 15 is 0 Å². The zero-order valence-electron chi connectivity index (χ0n) is 15.2. The molecule has 2 rings (SSSR count). The molecule has 1 amide bonds. The Morgan fingerprint density at radius 3 is 2.38 bits per heavy atom. The van der Waals surface area contributed by atoms with Crippen LogP contribution >= 0.6 is 0 Å². The summed E-state index contributed by atoms with van der Waals surface area (Å²) < 4.78 is 25.9. The molecule has 0 aliphatic rings. The molecule has 1 heterocycles. The highest BCUT2D eigenvalue weighted by Gasteiger charge is 2.23. The van der Waals surface area contributed by atoms with E-state index < -0.39 is 10.0 Å². The van der Waals surface area contributed by atoms with Gasteiger partial charge < -0.3 is 10.2 Å². The van der Waals surface area contributed by atoms with Crippen LogP contribution in [0.3, 0.4) is 0 Å². The Morgan fingerprint density at radius 2 is 1.81 bits per heavy atom. The molecule has 0 bridgehead atoms. The van der Waals surface area contributed by atoms with E-state index in [0.717, 1.165) is 9.87 Å². The summed E-state index contributed by atoms with van der Waals surface area (Å²) >= 11 is 0. The summed E-state index contributed by atoms with van der Waals surface area (Å²) in [6.45, 7) is 0.128. The normalized spacial score (nSPS) is 13.0. The van der Waals surface area contributed by atoms with Crippen LogP contribution in [-0.4, -0.2) is 62.7 Å². The number of benzene rings is 1. The third kappa shape index (κ3) is 5.10. The van der Waals surface area contributed by atoms with Crippen molar-refractivity contribution in [2.45, 2.75) is 10.9 Å². The second-order valence-electron chi connectivity index (χ2n) is 6.14. The molecule has 0 aliphatic carbocycles. The first-order valence-corrected chi connectivity index (χ1v) is 9.61. The molecule has 0 aliphatic heterocycles. The van der Waals surface area contributed by atoms with E-state index in [4.69, 9.17) is 0 Å². The molecule has 0 fully saturated rings. The average molecular weight is 376 g/mol. The molecular formula is C18H24N4O3S. The van der Waals surface area contributed by atoms with Crippen molar-refractivity contribution in [2.75, 3.05) is 34.2 Å². The molecule has 26 heavy (non-hydrogen) atoms. The molecular weight excluding hydrogens is 352 g/mol. The predicted octanol–water partition coefficient (Wildman–Crippen LogP) is 1.12. The van der Waals surface area contributed by atoms with E-state index in [0.29, 0.717) is 6.54 Å². The smallest absolute Gasteiger partial charge is 0.244 e. The molecule has 0 saturated carbocycles. The summed E-state index contributed by atoms with van der Waals surface area (Å²) in [5.74, 6) is -0.359. The van der Waals surface area contributed by atoms with E-state index in [1.807, 2.05) is 49.3 Å². The van der Waals surface area contributed by atoms with Gasteiger partial charge in [0.15, 0.2) is 0 Å². The van der Waals surface area contributed by atoms with Gasteiger partial charge in [-0.3, -0.25) is 9.78 Å². The number of amides is 1. The van der Waals surface area contributed by atoms with Crippen LogP contribution in [0.25, 0.3) is 0 Å². The van der Waals surface area contributed by atoms with Crippen LogP contribution < -0.4 is 5.32 Å². The molecule has 1 aromatic carbocycles. The largest absolute Gasteiger partial charge is 0.353 e. The van der Waals surface area contributed by atoms with Gasteiger partial charge in [0, 0.05) is 26.0 Å². The monoisotopic (exact) mass is 376 g/mol. The summed E-state index contributed by atoms with van der Waals surface area (Å²) in [4.78, 5) is 18.1. The standard InChI is InChI=1S/C18H24N4O3S/c1-21(2)17(15-8-5-4-6-9-15)13-20-18(23)14-22(3)26(24,25)16-10-7-11-19-12-16/h4-12,17H,13-14H2,1-3H3,(H,20,23). The Bertz CT molecular complexity index is 811. The summed E-state index contributed by atoms with van der Waals surface area (Å²) in [7, 11) is 1.50. The van der Waals surface area contributed by atoms with Crippen molar-refractivity contribution >= 4 is 15.9 Å². The van der Waals surface area contributed by atoms with Gasteiger partial charge in [0.2, 0.25) is 15.9 Å². The van der Waals surface area contributed by atoms with Gasteiger partial charge >= 0.3 is 0 Å². The minimum Gasteiger partial charge on any atom is -0.353 e. The van der Waals surface area contributed by atoms with E-state index in [1.165, 1.54) is 25.5 Å². The molecule has 0 spiro atoms. The van der Waals surface area contributed by atoms with Gasteiger partial charge in [0.25, 0.3) is 0 Å². The maximum atomic E-state index is 12.4. The van der Waals surface area contributed by atoms with Crippen LogP contribution in [0.5, 0.6) is 0 Å². The predicted molar refractivity (Wildman–Crippen MR) is 99.9 cm³/mol. The highest BCUT2D eigenvalue weighted by molar-refractivity contribution is 7.89. The molecule has 1 atom stereocenters. The number of carbonyl (C=O) groups is 1. The Hall–Kier alpha value is -2.29. The van der Waals surface area contributed by atoms with Gasteiger partial charge in [-0.2, -0.15) is 4.31 Å². The lowest BCUT2D eigenvalue weighted by Crippen LogP contribution is -2.41. The first-order chi connectivity index (χ1) is 12.3. The number of aromatic nitrogens is 1. The van der Waals surface area contributed by atoms with Gasteiger partial charge in [-0.05, 0) is 31.8 Å². The van der Waals surface area contributed by atoms with E-state index in [9.17, 15) is 13.2 Å². The van der Waals surface area contributed by atoms with Crippen molar-refractivity contribution in [1.82, 2.24) is 19.5 Å². The molecule has 0 radical (unpaired) electrons. The fraction of sp³-hybridized carbons (Fsp3) is 0.333. The molecule has 1 aromatic heterocycles. The van der Waals surface area contributed by atoms with Crippen LogP contribution in [0, 0.1) is 0 Å². The third-order valence-corrected chi connectivity index (χ3v) is 5.80. The first kappa shape index (κ1) is 20.0. The topological polar surface area (TPSA) is 82.6 Å². The molecule has 7 nitrogen and oxygen atoms in total. The number of sulfonamides is 1. The first-order valence-electron chi connectivity index (χ1n) is 8.17. The number of rotatable bonds is 8. The van der Waals surface area contributed by atoms with Gasteiger partial charge in [0.05, 0.1) is 12.6 Å². The molecule has 140 valence electrons. The zero-order valence-corrected chi connectivity index (χ0v) is 16.0. The Morgan fingerprint density at radius 1 is 1.12 bits per heavy atom. The van der Waals surface area contributed by atoms with E-state index in [2.05, 4.69) is 10.3 Å². The fourth-order valence-electron chi connectivity index (χ4n) is 2.51. The van der Waals surface area contributed by atoms with Crippen LogP contribution in [0.2, 0.25) is 0 Å². The Kier molecular flexibility index (Phi) is 6.84. The molecule has 8 heteroatoms. The molecule has 1 N–H and O–H groups in total. The van der Waals surface area contributed by atoms with Crippen LogP contribution in [0.4, 0.5) is 0 Å². The minimum atomic E-state index is -3.74. The maximum Gasteiger partial charge on any atom is 0.244 e. The lowest BCUT2D eigenvalue weighted by atomic mass is 10.1. The number of hydrogen-bond donors (Lipinski definition) is 1. The van der Waals surface area contributed by atoms with Gasteiger partial charge in [-0.25, -0.2) is 8.42 Å². The SMILES string of the molecule is CN(C)C(CNC(=O)CN(C)S(=O)(=O)c1cccnc1)c1ccccc1. The summed E-state index contributed by atoms with van der Waals surface area (Å²) in [5.41, 5.74) is 1.08. The van der Waals surface area contributed by atoms with Crippen molar-refractivity contribution in [3.8, 4) is 0 Å². The van der Waals surface area contributed by atoms with Gasteiger partial charge in [-0.1, -0.05) is 30.3 Å². The number of carbonyl (C=O) groups excluding carboxylic acids is 1. The third-order valence-electron chi connectivity index (χ3n) is 4.01. The van der Waals surface area contributed by atoms with E-state index in [-0.39, 0.29) is 23.4 Å². The van der Waals surface area contributed by atoms with E-state index in [1.54, 1.807) is 6.07 Å². The Labute approximate surface area is 154 Å². The number of likely N-dealkylation sites (N-methyl/N-ethyl adjacent to an activating group) is 2. The van der Waals surface area contributed by atoms with Crippen molar-refractivity contribution in [1.29, 1.82) is 0 Å². The number of pyridine rings is 1. The summed E-state index contributed by atoms with van der Waals surface area (Å²) in [5, 5.41) is 2.81. The number of hydrogen-bond acceptors (Lipinski definition) is 5. The highest BCUT2D eigenvalue weighted by Crippen LogP contribution is 2.17. The Balaban J connectivity index is 1.97. The van der Waals surface area contributed by atoms with Crippen molar-refractivity contribution in [2.24, 2.45) is 0 Å². The average Bonchev–Trinajstić information content (AvgIpc) is 2.63. The second kappa shape index (κ2) is 8.88. The second-order valence-corrected chi connectivity index (χ2v) is 8.19. The maximum absolute atomic E-state index is 12.4. The van der Waals surface area contributed by atoms with Crippen molar-refractivity contribution < 1.29 is 13.2 Å². The highest BCUT2D eigenvalue weighted by atomic mass is 32.2. The quantitative estimate of drug-likeness (QED) is 0.747. The lowest BCUT2D eigenvalue weighted by molar-refractivity contribution is -0.121. The molecule has 2 aromatic rings. The number of nitrogens with one attached hydrogen (secondary N) is 1. The molecule has 1 unspecified atom stereocenters. The van der Waals surface area contributed by atoms with Crippen LogP contribution in [-0.2, 0) is 14.8 Å². The lowest BCUT2D eigenvalue weighted by Gasteiger charge is -2.25. The zero-order chi connectivity index (χ0) is 19.2. The minimum absolute atomic E-state index is 0.000358. The van der Waals surface area contributed by atoms with Gasteiger partial charge in [-0.15, -0.1) is 0 Å². The van der Waals surface area contributed by atoms with Crippen molar-refractivity contribution in [3.63, 3.8) is 0 Å². The number of nitrogens with zero attached hydrogens (tertiary/aromatic N) is 3. The summed E-state index contributed by atoms with van der Waals surface area (Å²) in [6.07, 6.45) is 2.76.